The SMILES string of the molecule is CC1(C)OBOC1(C)C.CC1(C)OBOC1(C)C. The van der Waals surface area contributed by atoms with E-state index >= 15 is 0 Å². The van der Waals surface area contributed by atoms with Gasteiger partial charge in [-0.3, -0.25) is 0 Å². The van der Waals surface area contributed by atoms with Crippen molar-refractivity contribution < 1.29 is 18.6 Å². The molecule has 0 aliphatic carbocycles. The minimum absolute atomic E-state index is 0.132. The van der Waals surface area contributed by atoms with Gasteiger partial charge in [-0.1, -0.05) is 0 Å². The topological polar surface area (TPSA) is 36.9 Å². The van der Waals surface area contributed by atoms with E-state index in [-0.39, 0.29) is 22.4 Å². The summed E-state index contributed by atoms with van der Waals surface area (Å²) in [7, 11) is 0.861. The van der Waals surface area contributed by atoms with Crippen molar-refractivity contribution >= 4 is 15.4 Å². The standard InChI is InChI=1S/2C6H13BO2/c2*1-5(2)6(3,4)9-7-8-5/h2*7H,1-4H3. The van der Waals surface area contributed by atoms with Crippen LogP contribution in [0.3, 0.4) is 0 Å². The summed E-state index contributed by atoms with van der Waals surface area (Å²) < 4.78 is 21.3. The van der Waals surface area contributed by atoms with Gasteiger partial charge in [0.15, 0.2) is 0 Å². The molecule has 0 unspecified atom stereocenters. The average Bonchev–Trinajstić information content (AvgIpc) is 2.51. The van der Waals surface area contributed by atoms with Gasteiger partial charge in [-0.15, -0.1) is 0 Å². The first-order valence-corrected chi connectivity index (χ1v) is 6.47. The normalized spacial score (nSPS) is 29.8. The average molecular weight is 256 g/mol. The van der Waals surface area contributed by atoms with E-state index in [0.29, 0.717) is 15.4 Å². The number of hydrogen-bond acceptors (Lipinski definition) is 4. The van der Waals surface area contributed by atoms with Gasteiger partial charge in [-0.05, 0) is 55.4 Å². The van der Waals surface area contributed by atoms with E-state index in [1.807, 2.05) is 55.4 Å². The van der Waals surface area contributed by atoms with Crippen LogP contribution in [0.25, 0.3) is 0 Å². The molecule has 18 heavy (non-hydrogen) atoms. The lowest BCUT2D eigenvalue weighted by molar-refractivity contribution is 0.00578. The molecule has 0 bridgehead atoms. The van der Waals surface area contributed by atoms with Gasteiger partial charge >= 0.3 is 15.4 Å². The van der Waals surface area contributed by atoms with Crippen molar-refractivity contribution in [3.05, 3.63) is 0 Å². The molecule has 2 aliphatic rings. The van der Waals surface area contributed by atoms with E-state index in [1.54, 1.807) is 0 Å². The predicted molar refractivity (Wildman–Crippen MR) is 75.0 cm³/mol. The second kappa shape index (κ2) is 4.82. The molecule has 2 fully saturated rings. The van der Waals surface area contributed by atoms with Crippen molar-refractivity contribution in [1.82, 2.24) is 0 Å². The van der Waals surface area contributed by atoms with Crippen molar-refractivity contribution in [2.45, 2.75) is 77.8 Å². The maximum Gasteiger partial charge on any atom is 0.439 e. The molecule has 2 rings (SSSR count). The van der Waals surface area contributed by atoms with E-state index in [2.05, 4.69) is 0 Å². The molecule has 4 nitrogen and oxygen atoms in total. The van der Waals surface area contributed by atoms with Gasteiger partial charge in [0.1, 0.15) is 0 Å². The minimum atomic E-state index is -0.132. The molecule has 0 aromatic carbocycles. The predicted octanol–water partition coefficient (Wildman–Crippen LogP) is 1.71. The van der Waals surface area contributed by atoms with Crippen LogP contribution in [0.1, 0.15) is 55.4 Å². The Bertz CT molecular complexity index is 242. The molecule has 0 atom stereocenters. The van der Waals surface area contributed by atoms with E-state index < -0.39 is 0 Å². The molecular weight excluding hydrogens is 230 g/mol. The largest absolute Gasteiger partial charge is 0.439 e. The highest BCUT2D eigenvalue weighted by Gasteiger charge is 2.44. The van der Waals surface area contributed by atoms with Crippen molar-refractivity contribution in [1.29, 1.82) is 0 Å². The second-order valence-electron chi connectivity index (χ2n) is 6.85. The van der Waals surface area contributed by atoms with Crippen molar-refractivity contribution in [2.24, 2.45) is 0 Å². The van der Waals surface area contributed by atoms with Crippen LogP contribution in [0.5, 0.6) is 0 Å². The maximum absolute atomic E-state index is 5.33. The summed E-state index contributed by atoms with van der Waals surface area (Å²) in [5.41, 5.74) is -0.528. The summed E-state index contributed by atoms with van der Waals surface area (Å²) in [6.45, 7) is 16.3. The monoisotopic (exact) mass is 256 g/mol. The first-order chi connectivity index (χ1) is 7.91. The van der Waals surface area contributed by atoms with Crippen molar-refractivity contribution in [3.8, 4) is 0 Å². The molecule has 0 N–H and O–H groups in total. The smallest absolute Gasteiger partial charge is 0.406 e. The molecule has 6 heteroatoms. The van der Waals surface area contributed by atoms with Gasteiger partial charge in [-0.2, -0.15) is 0 Å². The van der Waals surface area contributed by atoms with Crippen LogP contribution in [-0.4, -0.2) is 37.8 Å². The minimum Gasteiger partial charge on any atom is -0.406 e. The van der Waals surface area contributed by atoms with Crippen LogP contribution < -0.4 is 0 Å². The number of rotatable bonds is 0. The Morgan fingerprint density at radius 3 is 0.667 bits per heavy atom. The van der Waals surface area contributed by atoms with Crippen LogP contribution in [-0.2, 0) is 18.6 Å². The quantitative estimate of drug-likeness (QED) is 0.618. The highest BCUT2D eigenvalue weighted by atomic mass is 16.7. The Morgan fingerprint density at radius 2 is 0.611 bits per heavy atom. The van der Waals surface area contributed by atoms with Crippen molar-refractivity contribution in [2.75, 3.05) is 0 Å². The fourth-order valence-corrected chi connectivity index (χ4v) is 1.34. The van der Waals surface area contributed by atoms with Gasteiger partial charge in [0.05, 0.1) is 22.4 Å². The lowest BCUT2D eigenvalue weighted by Gasteiger charge is -2.32. The molecule has 0 aromatic rings. The third-order valence-corrected chi connectivity index (χ3v) is 4.58. The zero-order valence-electron chi connectivity index (χ0n) is 13.0. The van der Waals surface area contributed by atoms with Gasteiger partial charge in [0.2, 0.25) is 0 Å². The Hall–Kier alpha value is -0.0301. The van der Waals surface area contributed by atoms with Crippen molar-refractivity contribution in [3.63, 3.8) is 0 Å². The summed E-state index contributed by atoms with van der Waals surface area (Å²) >= 11 is 0. The Morgan fingerprint density at radius 1 is 0.444 bits per heavy atom. The zero-order chi connectivity index (χ0) is 14.2. The molecule has 0 aromatic heterocycles. The lowest BCUT2D eigenvalue weighted by atomic mass is 9.90. The first kappa shape index (κ1) is 16.0. The summed E-state index contributed by atoms with van der Waals surface area (Å²) in [4.78, 5) is 0. The third kappa shape index (κ3) is 3.10. The van der Waals surface area contributed by atoms with Gasteiger partial charge in [0, 0.05) is 0 Å². The van der Waals surface area contributed by atoms with E-state index in [0.717, 1.165) is 0 Å². The summed E-state index contributed by atoms with van der Waals surface area (Å²) in [5, 5.41) is 0. The Labute approximate surface area is 112 Å². The molecule has 0 spiro atoms. The summed E-state index contributed by atoms with van der Waals surface area (Å²) in [6.07, 6.45) is 0. The third-order valence-electron chi connectivity index (χ3n) is 4.58. The number of hydrogen-bond donors (Lipinski definition) is 0. The van der Waals surface area contributed by atoms with E-state index in [9.17, 15) is 0 Å². The summed E-state index contributed by atoms with van der Waals surface area (Å²) in [6, 6.07) is 0. The fourth-order valence-electron chi connectivity index (χ4n) is 1.34. The van der Waals surface area contributed by atoms with Crippen LogP contribution >= 0.6 is 0 Å². The molecule has 0 saturated carbocycles. The van der Waals surface area contributed by atoms with Crippen LogP contribution in [0.2, 0.25) is 0 Å². The highest BCUT2D eigenvalue weighted by Crippen LogP contribution is 2.33. The Balaban J connectivity index is 0.000000180. The van der Waals surface area contributed by atoms with Crippen LogP contribution in [0.4, 0.5) is 0 Å². The fraction of sp³-hybridized carbons (Fsp3) is 1.00. The zero-order valence-corrected chi connectivity index (χ0v) is 13.0. The molecular formula is C12H26B2O4. The van der Waals surface area contributed by atoms with Gasteiger partial charge in [0.25, 0.3) is 0 Å². The molecule has 104 valence electrons. The molecule has 2 saturated heterocycles. The Kier molecular flexibility index (Phi) is 4.29. The van der Waals surface area contributed by atoms with E-state index in [1.165, 1.54) is 0 Å². The molecule has 2 aliphatic heterocycles. The van der Waals surface area contributed by atoms with Crippen LogP contribution in [0.15, 0.2) is 0 Å². The highest BCUT2D eigenvalue weighted by molar-refractivity contribution is 6.19. The molecule has 0 radical (unpaired) electrons. The summed E-state index contributed by atoms with van der Waals surface area (Å²) in [5.74, 6) is 0. The van der Waals surface area contributed by atoms with Crippen LogP contribution in [0, 0.1) is 0 Å². The maximum atomic E-state index is 5.33. The second-order valence-corrected chi connectivity index (χ2v) is 6.85. The lowest BCUT2D eigenvalue weighted by Crippen LogP contribution is -2.41. The van der Waals surface area contributed by atoms with Gasteiger partial charge < -0.3 is 18.6 Å². The van der Waals surface area contributed by atoms with E-state index in [4.69, 9.17) is 18.6 Å². The van der Waals surface area contributed by atoms with Gasteiger partial charge in [-0.25, -0.2) is 0 Å². The molecule has 2 heterocycles. The first-order valence-electron chi connectivity index (χ1n) is 6.47. The molecule has 0 amide bonds.